The van der Waals surface area contributed by atoms with Crippen LogP contribution >= 0.6 is 22.6 Å². The summed E-state index contributed by atoms with van der Waals surface area (Å²) in [5.74, 6) is -0.137. The van der Waals surface area contributed by atoms with Gasteiger partial charge in [-0.25, -0.2) is 4.39 Å². The van der Waals surface area contributed by atoms with Crippen molar-refractivity contribution in [1.29, 1.82) is 0 Å². The van der Waals surface area contributed by atoms with E-state index in [0.29, 0.717) is 27.9 Å². The van der Waals surface area contributed by atoms with E-state index in [0.717, 1.165) is 6.42 Å². The molecule has 6 heteroatoms. The molecule has 0 spiro atoms. The van der Waals surface area contributed by atoms with Crippen LogP contribution in [-0.4, -0.2) is 30.4 Å². The molecule has 4 nitrogen and oxygen atoms in total. The zero-order valence-electron chi connectivity index (χ0n) is 10.0. The Labute approximate surface area is 119 Å². The summed E-state index contributed by atoms with van der Waals surface area (Å²) < 4.78 is 14.0. The highest BCUT2D eigenvalue weighted by Crippen LogP contribution is 2.26. The number of likely N-dealkylation sites (tertiary alicyclic amines) is 1. The number of nitrogens with zero attached hydrogens (tertiary/aromatic N) is 1. The van der Waals surface area contributed by atoms with Gasteiger partial charge in [-0.15, -0.1) is 0 Å². The molecule has 1 amide bonds. The first kappa shape index (κ1) is 13.4. The van der Waals surface area contributed by atoms with E-state index in [-0.39, 0.29) is 17.8 Å². The monoisotopic (exact) mass is 363 g/mol. The fourth-order valence-electron chi connectivity index (χ4n) is 2.04. The summed E-state index contributed by atoms with van der Waals surface area (Å²) in [5.41, 5.74) is 6.98. The number of halogens is 2. The van der Waals surface area contributed by atoms with Gasteiger partial charge in [0.15, 0.2) is 0 Å². The van der Waals surface area contributed by atoms with Crippen LogP contribution < -0.4 is 11.1 Å². The average molecular weight is 363 g/mol. The van der Waals surface area contributed by atoms with E-state index in [1.54, 1.807) is 18.0 Å². The molecule has 18 heavy (non-hydrogen) atoms. The molecule has 2 rings (SSSR count). The number of piperidine rings is 1. The van der Waals surface area contributed by atoms with Gasteiger partial charge in [-0.2, -0.15) is 0 Å². The highest BCUT2D eigenvalue weighted by molar-refractivity contribution is 14.1. The van der Waals surface area contributed by atoms with E-state index in [1.165, 1.54) is 6.07 Å². The smallest absolute Gasteiger partial charge is 0.222 e. The normalized spacial score (nSPS) is 20.1. The lowest BCUT2D eigenvalue weighted by molar-refractivity contribution is -0.132. The molecule has 0 aliphatic carbocycles. The maximum Gasteiger partial charge on any atom is 0.222 e. The van der Waals surface area contributed by atoms with Crippen molar-refractivity contribution in [2.45, 2.75) is 18.9 Å². The Morgan fingerprint density at radius 2 is 2.28 bits per heavy atom. The summed E-state index contributed by atoms with van der Waals surface area (Å²) in [6, 6.07) is 3.14. The summed E-state index contributed by atoms with van der Waals surface area (Å²) in [5, 5.41) is 3.21. The number of hydrogen-bond acceptors (Lipinski definition) is 3. The Bertz CT molecular complexity index is 481. The van der Waals surface area contributed by atoms with Crippen molar-refractivity contribution in [2.24, 2.45) is 0 Å². The van der Waals surface area contributed by atoms with Crippen molar-refractivity contribution in [3.8, 4) is 0 Å². The molecule has 1 aromatic rings. The number of anilines is 2. The van der Waals surface area contributed by atoms with E-state index in [2.05, 4.69) is 5.32 Å². The second-order valence-electron chi connectivity index (χ2n) is 4.51. The zero-order valence-corrected chi connectivity index (χ0v) is 12.2. The van der Waals surface area contributed by atoms with E-state index in [1.807, 2.05) is 22.6 Å². The van der Waals surface area contributed by atoms with E-state index in [9.17, 15) is 9.18 Å². The van der Waals surface area contributed by atoms with Crippen molar-refractivity contribution in [3.63, 3.8) is 0 Å². The van der Waals surface area contributed by atoms with Crippen molar-refractivity contribution in [3.05, 3.63) is 21.5 Å². The summed E-state index contributed by atoms with van der Waals surface area (Å²) in [7, 11) is 1.77. The third-order valence-electron chi connectivity index (χ3n) is 3.08. The highest BCUT2D eigenvalue weighted by atomic mass is 127. The number of benzene rings is 1. The SMILES string of the molecule is CN1CC(Nc2cc(F)c(I)cc2N)CCC1=O. The minimum Gasteiger partial charge on any atom is -0.397 e. The average Bonchev–Trinajstić information content (AvgIpc) is 2.31. The molecular weight excluding hydrogens is 348 g/mol. The summed E-state index contributed by atoms with van der Waals surface area (Å²) in [4.78, 5) is 13.1. The molecule has 98 valence electrons. The lowest BCUT2D eigenvalue weighted by Crippen LogP contribution is -2.43. The fraction of sp³-hybridized carbons (Fsp3) is 0.417. The van der Waals surface area contributed by atoms with Gasteiger partial charge in [0.25, 0.3) is 0 Å². The Hall–Kier alpha value is -1.05. The van der Waals surface area contributed by atoms with Crippen LogP contribution in [0.2, 0.25) is 0 Å². The molecule has 0 aromatic heterocycles. The minimum atomic E-state index is -0.285. The van der Waals surface area contributed by atoms with Crippen LogP contribution in [0.5, 0.6) is 0 Å². The van der Waals surface area contributed by atoms with E-state index >= 15 is 0 Å². The number of nitrogens with two attached hydrogens (primary N) is 1. The first-order chi connectivity index (χ1) is 8.47. The third kappa shape index (κ3) is 2.85. The Morgan fingerprint density at radius 1 is 1.56 bits per heavy atom. The number of amides is 1. The molecule has 1 aromatic carbocycles. The number of nitrogen functional groups attached to an aromatic ring is 1. The number of hydrogen-bond donors (Lipinski definition) is 2. The van der Waals surface area contributed by atoms with Crippen LogP contribution in [0.4, 0.5) is 15.8 Å². The van der Waals surface area contributed by atoms with E-state index < -0.39 is 0 Å². The minimum absolute atomic E-state index is 0.120. The molecule has 3 N–H and O–H groups in total. The number of likely N-dealkylation sites (N-methyl/N-ethyl adjacent to an activating group) is 1. The van der Waals surface area contributed by atoms with Crippen molar-refractivity contribution in [1.82, 2.24) is 4.90 Å². The first-order valence-electron chi connectivity index (χ1n) is 5.72. The van der Waals surface area contributed by atoms with Crippen LogP contribution in [-0.2, 0) is 4.79 Å². The predicted molar refractivity (Wildman–Crippen MR) is 77.8 cm³/mol. The van der Waals surface area contributed by atoms with Gasteiger partial charge < -0.3 is 16.0 Å². The molecule has 1 unspecified atom stereocenters. The van der Waals surface area contributed by atoms with Gasteiger partial charge in [-0.3, -0.25) is 4.79 Å². The quantitative estimate of drug-likeness (QED) is 0.625. The Balaban J connectivity index is 2.10. The van der Waals surface area contributed by atoms with Gasteiger partial charge in [0, 0.05) is 32.1 Å². The molecule has 0 bridgehead atoms. The first-order valence-corrected chi connectivity index (χ1v) is 6.80. The number of carbonyl (C=O) groups is 1. The number of nitrogens with one attached hydrogen (secondary N) is 1. The predicted octanol–water partition coefficient (Wildman–Crippen LogP) is 2.05. The van der Waals surface area contributed by atoms with Crippen molar-refractivity contribution >= 4 is 39.9 Å². The molecule has 1 saturated heterocycles. The molecule has 0 saturated carbocycles. The fourth-order valence-corrected chi connectivity index (χ4v) is 2.53. The van der Waals surface area contributed by atoms with Crippen LogP contribution in [0.25, 0.3) is 0 Å². The van der Waals surface area contributed by atoms with Crippen molar-refractivity contribution in [2.75, 3.05) is 24.6 Å². The van der Waals surface area contributed by atoms with Crippen LogP contribution in [0.3, 0.4) is 0 Å². The van der Waals surface area contributed by atoms with Crippen LogP contribution in [0.1, 0.15) is 12.8 Å². The molecule has 1 atom stereocenters. The van der Waals surface area contributed by atoms with Crippen molar-refractivity contribution < 1.29 is 9.18 Å². The van der Waals surface area contributed by atoms with Gasteiger partial charge in [0.05, 0.1) is 14.9 Å². The molecule has 1 aliphatic rings. The second-order valence-corrected chi connectivity index (χ2v) is 5.67. The zero-order chi connectivity index (χ0) is 13.3. The summed E-state index contributed by atoms with van der Waals surface area (Å²) in [6.45, 7) is 0.617. The van der Waals surface area contributed by atoms with Gasteiger partial charge in [-0.05, 0) is 35.1 Å². The van der Waals surface area contributed by atoms with Gasteiger partial charge >= 0.3 is 0 Å². The third-order valence-corrected chi connectivity index (χ3v) is 3.91. The summed E-state index contributed by atoms with van der Waals surface area (Å²) >= 11 is 1.91. The largest absolute Gasteiger partial charge is 0.397 e. The number of carbonyl (C=O) groups excluding carboxylic acids is 1. The van der Waals surface area contributed by atoms with Gasteiger partial charge in [0.1, 0.15) is 5.82 Å². The van der Waals surface area contributed by atoms with Gasteiger partial charge in [-0.1, -0.05) is 0 Å². The maximum absolute atomic E-state index is 13.5. The highest BCUT2D eigenvalue weighted by Gasteiger charge is 2.23. The topological polar surface area (TPSA) is 58.4 Å². The Kier molecular flexibility index (Phi) is 3.94. The lowest BCUT2D eigenvalue weighted by Gasteiger charge is -2.31. The van der Waals surface area contributed by atoms with Crippen LogP contribution in [0.15, 0.2) is 12.1 Å². The summed E-state index contributed by atoms with van der Waals surface area (Å²) in [6.07, 6.45) is 1.26. The molecule has 1 fully saturated rings. The second kappa shape index (κ2) is 5.29. The molecule has 0 radical (unpaired) electrons. The molecular formula is C12H15FIN3O. The lowest BCUT2D eigenvalue weighted by atomic mass is 10.1. The molecule has 1 heterocycles. The van der Waals surface area contributed by atoms with Crippen LogP contribution in [0, 0.1) is 9.39 Å². The van der Waals surface area contributed by atoms with Gasteiger partial charge in [0.2, 0.25) is 5.91 Å². The standard InChI is InChI=1S/C12H15FIN3O/c1-17-6-7(2-3-12(17)18)16-11-4-8(13)9(14)5-10(11)15/h4-5,7,16H,2-3,6,15H2,1H3. The number of rotatable bonds is 2. The maximum atomic E-state index is 13.5. The molecule has 1 aliphatic heterocycles. The Morgan fingerprint density at radius 3 is 2.94 bits per heavy atom. The van der Waals surface area contributed by atoms with E-state index in [4.69, 9.17) is 5.73 Å².